The van der Waals surface area contributed by atoms with Gasteiger partial charge in [0.2, 0.25) is 5.91 Å². The van der Waals surface area contributed by atoms with E-state index in [9.17, 15) is 4.79 Å². The van der Waals surface area contributed by atoms with Gasteiger partial charge in [-0.15, -0.1) is 11.3 Å². The van der Waals surface area contributed by atoms with E-state index in [1.165, 1.54) is 4.88 Å². The Morgan fingerprint density at radius 1 is 1.17 bits per heavy atom. The molecule has 0 aliphatic heterocycles. The van der Waals surface area contributed by atoms with E-state index in [1.807, 2.05) is 43.5 Å². The van der Waals surface area contributed by atoms with Crippen LogP contribution >= 0.6 is 11.3 Å². The minimum absolute atomic E-state index is 0.0987. The maximum atomic E-state index is 11.9. The van der Waals surface area contributed by atoms with Crippen LogP contribution in [-0.4, -0.2) is 25.7 Å². The van der Waals surface area contributed by atoms with E-state index < -0.39 is 0 Å². The Morgan fingerprint density at radius 3 is 2.67 bits per heavy atom. The second-order valence-corrected chi connectivity index (χ2v) is 6.06. The fraction of sp³-hybridized carbons (Fsp3) is 0.316. The molecule has 0 spiro atoms. The second kappa shape index (κ2) is 9.78. The van der Waals surface area contributed by atoms with Crippen LogP contribution in [0.4, 0.5) is 0 Å². The van der Waals surface area contributed by atoms with Crippen molar-refractivity contribution in [3.8, 4) is 11.5 Å². The molecule has 2 rings (SSSR count). The molecular weight excluding hydrogens is 322 g/mol. The Kier molecular flexibility index (Phi) is 7.36. The number of ether oxygens (including phenoxy) is 2. The summed E-state index contributed by atoms with van der Waals surface area (Å²) < 4.78 is 11.1. The SMILES string of the molecule is CCOc1ccc(/C=C/C(=O)NCCc2cccs2)cc1OCC. The van der Waals surface area contributed by atoms with Crippen molar-refractivity contribution in [1.29, 1.82) is 0 Å². The Morgan fingerprint density at radius 2 is 1.96 bits per heavy atom. The van der Waals surface area contributed by atoms with Gasteiger partial charge in [-0.25, -0.2) is 0 Å². The number of carbonyl (C=O) groups is 1. The maximum absolute atomic E-state index is 11.9. The first-order valence-corrected chi connectivity index (χ1v) is 8.98. The fourth-order valence-electron chi connectivity index (χ4n) is 2.17. The van der Waals surface area contributed by atoms with Crippen LogP contribution in [0.1, 0.15) is 24.3 Å². The average molecular weight is 345 g/mol. The molecule has 5 heteroatoms. The molecular formula is C19H23NO3S. The summed E-state index contributed by atoms with van der Waals surface area (Å²) in [5.41, 5.74) is 0.898. The van der Waals surface area contributed by atoms with Gasteiger partial charge >= 0.3 is 0 Å². The van der Waals surface area contributed by atoms with Gasteiger partial charge < -0.3 is 14.8 Å². The number of carbonyl (C=O) groups excluding carboxylic acids is 1. The molecule has 2 aromatic rings. The molecule has 24 heavy (non-hydrogen) atoms. The van der Waals surface area contributed by atoms with Crippen LogP contribution in [0, 0.1) is 0 Å². The van der Waals surface area contributed by atoms with Crippen LogP contribution in [0.15, 0.2) is 41.8 Å². The third-order valence-electron chi connectivity index (χ3n) is 3.25. The summed E-state index contributed by atoms with van der Waals surface area (Å²) >= 11 is 1.70. The molecule has 0 unspecified atom stereocenters. The number of nitrogens with one attached hydrogen (secondary N) is 1. The van der Waals surface area contributed by atoms with Gasteiger partial charge in [0, 0.05) is 17.5 Å². The third kappa shape index (κ3) is 5.74. The normalized spacial score (nSPS) is 10.8. The summed E-state index contributed by atoms with van der Waals surface area (Å²) in [4.78, 5) is 13.1. The van der Waals surface area contributed by atoms with Crippen LogP contribution in [0.3, 0.4) is 0 Å². The lowest BCUT2D eigenvalue weighted by molar-refractivity contribution is -0.116. The van der Waals surface area contributed by atoms with Gasteiger partial charge in [0.1, 0.15) is 0 Å². The Hall–Kier alpha value is -2.27. The molecule has 4 nitrogen and oxygen atoms in total. The third-order valence-corrected chi connectivity index (χ3v) is 4.18. The number of thiophene rings is 1. The molecule has 0 saturated carbocycles. The van der Waals surface area contributed by atoms with Gasteiger partial charge in [0.25, 0.3) is 0 Å². The highest BCUT2D eigenvalue weighted by atomic mass is 32.1. The lowest BCUT2D eigenvalue weighted by Crippen LogP contribution is -2.23. The van der Waals surface area contributed by atoms with E-state index in [2.05, 4.69) is 11.4 Å². The first-order valence-electron chi connectivity index (χ1n) is 8.10. The topological polar surface area (TPSA) is 47.6 Å². The van der Waals surface area contributed by atoms with Gasteiger partial charge in [-0.3, -0.25) is 4.79 Å². The summed E-state index contributed by atoms with van der Waals surface area (Å²) in [7, 11) is 0. The van der Waals surface area contributed by atoms with Crippen LogP contribution in [0.25, 0.3) is 6.08 Å². The second-order valence-electron chi connectivity index (χ2n) is 5.03. The molecule has 0 atom stereocenters. The number of hydrogen-bond acceptors (Lipinski definition) is 4. The van der Waals surface area contributed by atoms with E-state index in [1.54, 1.807) is 23.5 Å². The molecule has 0 aliphatic carbocycles. The van der Waals surface area contributed by atoms with E-state index >= 15 is 0 Å². The van der Waals surface area contributed by atoms with Gasteiger partial charge in [-0.1, -0.05) is 12.1 Å². The predicted molar refractivity (Wildman–Crippen MR) is 98.8 cm³/mol. The van der Waals surface area contributed by atoms with Crippen LogP contribution in [0.2, 0.25) is 0 Å². The van der Waals surface area contributed by atoms with Gasteiger partial charge in [-0.05, 0) is 55.5 Å². The highest BCUT2D eigenvalue weighted by molar-refractivity contribution is 7.09. The summed E-state index contributed by atoms with van der Waals surface area (Å²) in [6, 6.07) is 9.74. The minimum Gasteiger partial charge on any atom is -0.490 e. The van der Waals surface area contributed by atoms with Crippen molar-refractivity contribution < 1.29 is 14.3 Å². The Bertz CT molecular complexity index is 665. The standard InChI is InChI=1S/C19H23NO3S/c1-3-22-17-9-7-15(14-18(17)23-4-2)8-10-19(21)20-12-11-16-6-5-13-24-16/h5-10,13-14H,3-4,11-12H2,1-2H3,(H,20,21)/b10-8+. The van der Waals surface area contributed by atoms with Crippen LogP contribution < -0.4 is 14.8 Å². The van der Waals surface area contributed by atoms with Crippen LogP contribution in [-0.2, 0) is 11.2 Å². The van der Waals surface area contributed by atoms with Crippen molar-refractivity contribution in [1.82, 2.24) is 5.32 Å². The highest BCUT2D eigenvalue weighted by Crippen LogP contribution is 2.28. The number of benzene rings is 1. The molecule has 1 aromatic heterocycles. The molecule has 1 heterocycles. The molecule has 1 amide bonds. The van der Waals surface area contributed by atoms with Crippen molar-refractivity contribution >= 4 is 23.3 Å². The molecule has 0 saturated heterocycles. The highest BCUT2D eigenvalue weighted by Gasteiger charge is 2.05. The van der Waals surface area contributed by atoms with Gasteiger partial charge in [-0.2, -0.15) is 0 Å². The zero-order valence-electron chi connectivity index (χ0n) is 14.1. The van der Waals surface area contributed by atoms with Crippen molar-refractivity contribution in [2.24, 2.45) is 0 Å². The largest absolute Gasteiger partial charge is 0.490 e. The zero-order chi connectivity index (χ0) is 17.2. The lowest BCUT2D eigenvalue weighted by Gasteiger charge is -2.11. The monoisotopic (exact) mass is 345 g/mol. The first-order chi connectivity index (χ1) is 11.7. The number of rotatable bonds is 9. The maximum Gasteiger partial charge on any atom is 0.244 e. The molecule has 0 fully saturated rings. The summed E-state index contributed by atoms with van der Waals surface area (Å²) in [5.74, 6) is 1.31. The first kappa shape index (κ1) is 18.1. The molecule has 0 bridgehead atoms. The fourth-order valence-corrected chi connectivity index (χ4v) is 2.87. The Balaban J connectivity index is 1.89. The quantitative estimate of drug-likeness (QED) is 0.701. The molecule has 1 N–H and O–H groups in total. The van der Waals surface area contributed by atoms with Gasteiger partial charge in [0.05, 0.1) is 13.2 Å². The number of amides is 1. The van der Waals surface area contributed by atoms with E-state index in [0.29, 0.717) is 25.5 Å². The van der Waals surface area contributed by atoms with Crippen molar-refractivity contribution in [2.45, 2.75) is 20.3 Å². The summed E-state index contributed by atoms with van der Waals surface area (Å²) in [6.45, 7) is 5.65. The van der Waals surface area contributed by atoms with E-state index in [4.69, 9.17) is 9.47 Å². The average Bonchev–Trinajstić information content (AvgIpc) is 3.09. The summed E-state index contributed by atoms with van der Waals surface area (Å²) in [5, 5.41) is 4.93. The number of hydrogen-bond donors (Lipinski definition) is 1. The van der Waals surface area contributed by atoms with Crippen LogP contribution in [0.5, 0.6) is 11.5 Å². The molecule has 1 aromatic carbocycles. The lowest BCUT2D eigenvalue weighted by atomic mass is 10.2. The molecule has 0 aliphatic rings. The molecule has 128 valence electrons. The molecule has 0 radical (unpaired) electrons. The van der Waals surface area contributed by atoms with Gasteiger partial charge in [0.15, 0.2) is 11.5 Å². The smallest absolute Gasteiger partial charge is 0.244 e. The summed E-state index contributed by atoms with van der Waals surface area (Å²) in [6.07, 6.45) is 4.17. The van der Waals surface area contributed by atoms with E-state index in [-0.39, 0.29) is 5.91 Å². The Labute approximate surface area is 147 Å². The van der Waals surface area contributed by atoms with Crippen molar-refractivity contribution in [3.63, 3.8) is 0 Å². The zero-order valence-corrected chi connectivity index (χ0v) is 14.9. The van der Waals surface area contributed by atoms with E-state index in [0.717, 1.165) is 17.7 Å². The van der Waals surface area contributed by atoms with Crippen molar-refractivity contribution in [2.75, 3.05) is 19.8 Å². The predicted octanol–water partition coefficient (Wildman–Crippen LogP) is 3.92. The van der Waals surface area contributed by atoms with Crippen molar-refractivity contribution in [3.05, 3.63) is 52.2 Å². The minimum atomic E-state index is -0.0987.